The van der Waals surface area contributed by atoms with Gasteiger partial charge in [-0.1, -0.05) is 115 Å². The molecule has 4 heteroatoms. The fraction of sp³-hybridized carbons (Fsp3) is 0. The molecule has 0 atom stereocenters. The summed E-state index contributed by atoms with van der Waals surface area (Å²) in [6, 6.07) is 49.1. The summed E-state index contributed by atoms with van der Waals surface area (Å²) >= 11 is 1.76. The van der Waals surface area contributed by atoms with Gasteiger partial charge in [-0.2, -0.15) is 0 Å². The van der Waals surface area contributed by atoms with Crippen molar-refractivity contribution in [2.45, 2.75) is 0 Å². The van der Waals surface area contributed by atoms with Crippen molar-refractivity contribution in [3.63, 3.8) is 0 Å². The fourth-order valence-electron chi connectivity index (χ4n) is 6.28. The van der Waals surface area contributed by atoms with Gasteiger partial charge < -0.3 is 4.42 Å². The number of rotatable bonds is 4. The zero-order chi connectivity index (χ0) is 29.0. The van der Waals surface area contributed by atoms with E-state index in [0.717, 1.165) is 59.9 Å². The molecule has 3 heterocycles. The van der Waals surface area contributed by atoms with Crippen LogP contribution in [0.3, 0.4) is 0 Å². The minimum absolute atomic E-state index is 0.903. The highest BCUT2D eigenvalue weighted by Crippen LogP contribution is 2.41. The largest absolute Gasteiger partial charge is 0.455 e. The number of para-hydroxylation sites is 2. The number of aromatic nitrogens is 2. The standard InChI is InChI=1S/C40H24N2OS/c1-2-9-25(10-3-1)26-11-6-12-27(21-26)28-19-20-34-36(23-28)44-40-37(41-24-42-38(34)40)30-14-7-13-29(22-30)31-16-8-17-33-32-15-4-5-18-35(32)43-39(31)33/h1-24H. The van der Waals surface area contributed by atoms with Crippen molar-refractivity contribution in [3.8, 4) is 44.6 Å². The molecular weight excluding hydrogens is 557 g/mol. The van der Waals surface area contributed by atoms with Gasteiger partial charge in [0.05, 0.1) is 15.9 Å². The van der Waals surface area contributed by atoms with Gasteiger partial charge in [0.15, 0.2) is 0 Å². The van der Waals surface area contributed by atoms with E-state index < -0.39 is 0 Å². The van der Waals surface area contributed by atoms with E-state index in [4.69, 9.17) is 14.4 Å². The van der Waals surface area contributed by atoms with Crippen LogP contribution in [-0.2, 0) is 0 Å². The summed E-state index contributed by atoms with van der Waals surface area (Å²) in [7, 11) is 0. The predicted molar refractivity (Wildman–Crippen MR) is 184 cm³/mol. The first-order valence-electron chi connectivity index (χ1n) is 14.6. The SMILES string of the molecule is c1ccc(-c2cccc(-c3ccc4c(c3)sc3c(-c5cccc(-c6cccc7c6oc6ccccc67)c5)ncnc34)c2)cc1. The average molecular weight is 581 g/mol. The summed E-state index contributed by atoms with van der Waals surface area (Å²) in [6.07, 6.45) is 1.69. The summed E-state index contributed by atoms with van der Waals surface area (Å²) in [5, 5.41) is 3.41. The molecule has 0 unspecified atom stereocenters. The third kappa shape index (κ3) is 4.03. The topological polar surface area (TPSA) is 38.9 Å². The second kappa shape index (κ2) is 10.0. The molecular formula is C40H24N2OS. The lowest BCUT2D eigenvalue weighted by Gasteiger charge is -2.07. The molecule has 0 aliphatic carbocycles. The second-order valence-electron chi connectivity index (χ2n) is 11.0. The van der Waals surface area contributed by atoms with Crippen molar-refractivity contribution < 1.29 is 4.42 Å². The van der Waals surface area contributed by atoms with E-state index in [1.165, 1.54) is 27.0 Å². The molecule has 0 fully saturated rings. The van der Waals surface area contributed by atoms with Crippen LogP contribution < -0.4 is 0 Å². The van der Waals surface area contributed by atoms with Gasteiger partial charge in [-0.25, -0.2) is 9.97 Å². The monoisotopic (exact) mass is 580 g/mol. The Morgan fingerprint density at radius 3 is 2.07 bits per heavy atom. The van der Waals surface area contributed by atoms with E-state index in [0.29, 0.717) is 0 Å². The van der Waals surface area contributed by atoms with Crippen LogP contribution in [0.5, 0.6) is 0 Å². The van der Waals surface area contributed by atoms with E-state index in [-0.39, 0.29) is 0 Å². The van der Waals surface area contributed by atoms with Crippen molar-refractivity contribution in [3.05, 3.63) is 146 Å². The van der Waals surface area contributed by atoms with Crippen LogP contribution in [-0.4, -0.2) is 9.97 Å². The first kappa shape index (κ1) is 25.0. The Labute approximate surface area is 257 Å². The maximum atomic E-state index is 6.35. The zero-order valence-corrected chi connectivity index (χ0v) is 24.4. The minimum Gasteiger partial charge on any atom is -0.455 e. The van der Waals surface area contributed by atoms with E-state index in [1.54, 1.807) is 17.7 Å². The molecule has 0 saturated carbocycles. The predicted octanol–water partition coefficient (Wildman–Crippen LogP) is 11.4. The number of thiophene rings is 1. The molecule has 6 aromatic carbocycles. The molecule has 0 radical (unpaired) electrons. The number of benzene rings is 6. The molecule has 0 aliphatic rings. The molecule has 9 rings (SSSR count). The highest BCUT2D eigenvalue weighted by atomic mass is 32.1. The number of fused-ring (bicyclic) bond motifs is 6. The number of nitrogens with zero attached hydrogens (tertiary/aromatic N) is 2. The lowest BCUT2D eigenvalue weighted by molar-refractivity contribution is 0.670. The van der Waals surface area contributed by atoms with Crippen LogP contribution in [0.2, 0.25) is 0 Å². The van der Waals surface area contributed by atoms with Gasteiger partial charge in [0.2, 0.25) is 0 Å². The Morgan fingerprint density at radius 1 is 0.477 bits per heavy atom. The number of hydrogen-bond acceptors (Lipinski definition) is 4. The van der Waals surface area contributed by atoms with Crippen molar-refractivity contribution in [1.82, 2.24) is 9.97 Å². The van der Waals surface area contributed by atoms with Gasteiger partial charge >= 0.3 is 0 Å². The third-order valence-corrected chi connectivity index (χ3v) is 9.56. The lowest BCUT2D eigenvalue weighted by Crippen LogP contribution is -1.87. The van der Waals surface area contributed by atoms with Gasteiger partial charge in [0, 0.05) is 32.0 Å². The van der Waals surface area contributed by atoms with Crippen LogP contribution in [0.1, 0.15) is 0 Å². The smallest absolute Gasteiger partial charge is 0.143 e. The highest BCUT2D eigenvalue weighted by molar-refractivity contribution is 7.26. The number of hydrogen-bond donors (Lipinski definition) is 0. The van der Waals surface area contributed by atoms with E-state index in [9.17, 15) is 0 Å². The first-order chi connectivity index (χ1) is 21.8. The van der Waals surface area contributed by atoms with Gasteiger partial charge in [0.1, 0.15) is 17.5 Å². The van der Waals surface area contributed by atoms with E-state index in [1.807, 2.05) is 12.1 Å². The molecule has 44 heavy (non-hydrogen) atoms. The van der Waals surface area contributed by atoms with E-state index in [2.05, 4.69) is 127 Å². The minimum atomic E-state index is 0.903. The summed E-state index contributed by atoms with van der Waals surface area (Å²) in [5.74, 6) is 0. The second-order valence-corrected chi connectivity index (χ2v) is 12.1. The van der Waals surface area contributed by atoms with Crippen molar-refractivity contribution in [1.29, 1.82) is 0 Å². The van der Waals surface area contributed by atoms with E-state index >= 15 is 0 Å². The molecule has 0 saturated heterocycles. The Bertz CT molecular complexity index is 2510. The van der Waals surface area contributed by atoms with Gasteiger partial charge in [-0.3, -0.25) is 0 Å². The highest BCUT2D eigenvalue weighted by Gasteiger charge is 2.16. The Kier molecular flexibility index (Phi) is 5.68. The van der Waals surface area contributed by atoms with Crippen LogP contribution in [0.25, 0.3) is 86.9 Å². The summed E-state index contributed by atoms with van der Waals surface area (Å²) in [5.41, 5.74) is 11.8. The Balaban J connectivity index is 1.15. The maximum Gasteiger partial charge on any atom is 0.143 e. The van der Waals surface area contributed by atoms with Crippen molar-refractivity contribution in [2.75, 3.05) is 0 Å². The molecule has 3 nitrogen and oxygen atoms in total. The molecule has 9 aromatic rings. The van der Waals surface area contributed by atoms with Gasteiger partial charge in [-0.05, 0) is 52.1 Å². The average Bonchev–Trinajstić information content (AvgIpc) is 3.67. The Morgan fingerprint density at radius 2 is 1.16 bits per heavy atom. The van der Waals surface area contributed by atoms with Crippen molar-refractivity contribution >= 4 is 53.6 Å². The van der Waals surface area contributed by atoms with Crippen LogP contribution >= 0.6 is 11.3 Å². The molecule has 0 amide bonds. The molecule has 0 bridgehead atoms. The van der Waals surface area contributed by atoms with Crippen LogP contribution in [0, 0.1) is 0 Å². The zero-order valence-electron chi connectivity index (χ0n) is 23.6. The maximum absolute atomic E-state index is 6.35. The van der Waals surface area contributed by atoms with Crippen LogP contribution in [0.4, 0.5) is 0 Å². The number of furan rings is 1. The summed E-state index contributed by atoms with van der Waals surface area (Å²) in [6.45, 7) is 0. The molecule has 0 N–H and O–H groups in total. The lowest BCUT2D eigenvalue weighted by atomic mass is 9.98. The van der Waals surface area contributed by atoms with Gasteiger partial charge in [0.25, 0.3) is 0 Å². The van der Waals surface area contributed by atoms with Crippen molar-refractivity contribution in [2.24, 2.45) is 0 Å². The fourth-order valence-corrected chi connectivity index (χ4v) is 7.48. The summed E-state index contributed by atoms with van der Waals surface area (Å²) in [4.78, 5) is 9.55. The molecule has 3 aromatic heterocycles. The molecule has 0 spiro atoms. The van der Waals surface area contributed by atoms with Gasteiger partial charge in [-0.15, -0.1) is 11.3 Å². The molecule has 206 valence electrons. The normalized spacial score (nSPS) is 11.6. The third-order valence-electron chi connectivity index (χ3n) is 8.41. The van der Waals surface area contributed by atoms with Crippen LogP contribution in [0.15, 0.2) is 150 Å². The summed E-state index contributed by atoms with van der Waals surface area (Å²) < 4.78 is 8.65. The Hall–Kier alpha value is -5.58. The first-order valence-corrected chi connectivity index (χ1v) is 15.5. The quantitative estimate of drug-likeness (QED) is 0.208. The molecule has 0 aliphatic heterocycles.